The van der Waals surface area contributed by atoms with Gasteiger partial charge in [0.05, 0.1) is 6.04 Å². The quantitative estimate of drug-likeness (QED) is 0.634. The number of hydrogen-bond donors (Lipinski definition) is 1. The Morgan fingerprint density at radius 1 is 1.19 bits per heavy atom. The highest BCUT2D eigenvalue weighted by Gasteiger charge is 2.42. The Morgan fingerprint density at radius 2 is 1.97 bits per heavy atom. The van der Waals surface area contributed by atoms with Gasteiger partial charge in [0.15, 0.2) is 5.76 Å². The molecule has 2 aromatic carbocycles. The molecule has 31 heavy (non-hydrogen) atoms. The number of amides is 2. The van der Waals surface area contributed by atoms with Crippen LogP contribution < -0.4 is 5.32 Å². The Morgan fingerprint density at radius 3 is 2.74 bits per heavy atom. The summed E-state index contributed by atoms with van der Waals surface area (Å²) in [6.07, 6.45) is 5.60. The first kappa shape index (κ1) is 21.6. The maximum Gasteiger partial charge on any atom is 0.289 e. The summed E-state index contributed by atoms with van der Waals surface area (Å²) in [5.74, 6) is -0.0526. The van der Waals surface area contributed by atoms with Gasteiger partial charge in [-0.05, 0) is 55.5 Å². The van der Waals surface area contributed by atoms with E-state index in [-0.39, 0.29) is 30.5 Å². The van der Waals surface area contributed by atoms with E-state index in [0.29, 0.717) is 12.3 Å². The number of nitrogens with one attached hydrogen (secondary N) is 1. The summed E-state index contributed by atoms with van der Waals surface area (Å²) in [5.41, 5.74) is 3.11. The van der Waals surface area contributed by atoms with Gasteiger partial charge in [-0.2, -0.15) is 0 Å². The molecule has 1 heterocycles. The van der Waals surface area contributed by atoms with Crippen LogP contribution >= 0.6 is 15.9 Å². The summed E-state index contributed by atoms with van der Waals surface area (Å²) < 4.78 is 7.06. The van der Waals surface area contributed by atoms with E-state index >= 15 is 0 Å². The lowest BCUT2D eigenvalue weighted by atomic mass is 9.89. The normalized spacial score (nSPS) is 22.1. The second kappa shape index (κ2) is 9.69. The molecule has 2 atom stereocenters. The second-order valence-electron chi connectivity index (χ2n) is 8.27. The molecule has 1 saturated heterocycles. The van der Waals surface area contributed by atoms with Crippen molar-refractivity contribution in [2.24, 2.45) is 0 Å². The Kier molecular flexibility index (Phi) is 6.76. The van der Waals surface area contributed by atoms with Crippen molar-refractivity contribution in [1.82, 2.24) is 10.2 Å². The lowest BCUT2D eigenvalue weighted by Gasteiger charge is -2.44. The summed E-state index contributed by atoms with van der Waals surface area (Å²) in [6.45, 7) is 2.53. The van der Waals surface area contributed by atoms with Crippen molar-refractivity contribution in [1.29, 1.82) is 0 Å². The van der Waals surface area contributed by atoms with E-state index < -0.39 is 0 Å². The number of ether oxygens (including phenoxy) is 1. The third-order valence-corrected chi connectivity index (χ3v) is 6.38. The van der Waals surface area contributed by atoms with Crippen LogP contribution in [0.2, 0.25) is 0 Å². The SMILES string of the molecule is Cc1ccc(CNC(=O)CN2C(=O)/C(=C\c3cccc(Br)c3)OC3CCCCC32)cc1. The fourth-order valence-corrected chi connectivity index (χ4v) is 4.64. The summed E-state index contributed by atoms with van der Waals surface area (Å²) >= 11 is 3.46. The summed E-state index contributed by atoms with van der Waals surface area (Å²) in [6, 6.07) is 15.7. The Balaban J connectivity index is 1.48. The number of morpholine rings is 1. The molecule has 2 fully saturated rings. The standard InChI is InChI=1S/C25H27BrN2O3/c1-17-9-11-18(12-10-17)15-27-24(29)16-28-21-7-2-3-8-22(21)31-23(25(28)30)14-19-5-4-6-20(26)13-19/h4-6,9-14,21-22H,2-3,7-8,15-16H2,1H3,(H,27,29)/b23-14+. The number of benzene rings is 2. The number of carbonyl (C=O) groups is 2. The predicted octanol–water partition coefficient (Wildman–Crippen LogP) is 4.58. The molecule has 162 valence electrons. The molecule has 2 aromatic rings. The van der Waals surface area contributed by atoms with Gasteiger partial charge < -0.3 is 15.0 Å². The average Bonchev–Trinajstić information content (AvgIpc) is 2.76. The minimum atomic E-state index is -0.214. The number of rotatable bonds is 5. The molecule has 1 aliphatic heterocycles. The molecule has 0 radical (unpaired) electrons. The van der Waals surface area contributed by atoms with Crippen LogP contribution in [0.5, 0.6) is 0 Å². The lowest BCUT2D eigenvalue weighted by molar-refractivity contribution is -0.151. The maximum atomic E-state index is 13.3. The van der Waals surface area contributed by atoms with Crippen LogP contribution in [-0.2, 0) is 20.9 Å². The van der Waals surface area contributed by atoms with Crippen molar-refractivity contribution < 1.29 is 14.3 Å². The number of aryl methyl sites for hydroxylation is 1. The van der Waals surface area contributed by atoms with Crippen LogP contribution in [0.3, 0.4) is 0 Å². The fraction of sp³-hybridized carbons (Fsp3) is 0.360. The first-order chi connectivity index (χ1) is 15.0. The third kappa shape index (κ3) is 5.37. The molecule has 2 aliphatic rings. The molecule has 1 N–H and O–H groups in total. The minimum Gasteiger partial charge on any atom is -0.482 e. The molecule has 0 aromatic heterocycles. The topological polar surface area (TPSA) is 58.6 Å². The van der Waals surface area contributed by atoms with Crippen LogP contribution in [0.25, 0.3) is 6.08 Å². The number of nitrogens with zero attached hydrogens (tertiary/aromatic N) is 1. The minimum absolute atomic E-state index is 0.0467. The van der Waals surface area contributed by atoms with Crippen LogP contribution in [0.4, 0.5) is 0 Å². The van der Waals surface area contributed by atoms with E-state index in [0.717, 1.165) is 41.3 Å². The molecule has 1 saturated carbocycles. The molecule has 4 rings (SSSR count). The molecule has 5 nitrogen and oxygen atoms in total. The number of halogens is 1. The smallest absolute Gasteiger partial charge is 0.289 e. The molecule has 2 amide bonds. The van der Waals surface area contributed by atoms with E-state index in [9.17, 15) is 9.59 Å². The Bertz CT molecular complexity index is 987. The van der Waals surface area contributed by atoms with E-state index in [2.05, 4.69) is 21.2 Å². The van der Waals surface area contributed by atoms with Gasteiger partial charge in [-0.1, -0.05) is 64.3 Å². The van der Waals surface area contributed by atoms with Crippen molar-refractivity contribution in [2.45, 2.75) is 51.3 Å². The molecule has 0 bridgehead atoms. The second-order valence-corrected chi connectivity index (χ2v) is 9.18. The molecule has 6 heteroatoms. The zero-order chi connectivity index (χ0) is 21.8. The van der Waals surface area contributed by atoms with Crippen molar-refractivity contribution in [3.63, 3.8) is 0 Å². The van der Waals surface area contributed by atoms with E-state index in [1.54, 1.807) is 11.0 Å². The zero-order valence-corrected chi connectivity index (χ0v) is 19.2. The van der Waals surface area contributed by atoms with Gasteiger partial charge in [0.1, 0.15) is 12.6 Å². The van der Waals surface area contributed by atoms with Gasteiger partial charge in [0.25, 0.3) is 5.91 Å². The molecule has 0 spiro atoms. The van der Waals surface area contributed by atoms with E-state index in [4.69, 9.17) is 4.74 Å². The largest absolute Gasteiger partial charge is 0.482 e. The maximum absolute atomic E-state index is 13.3. The van der Waals surface area contributed by atoms with Gasteiger partial charge in [0, 0.05) is 11.0 Å². The van der Waals surface area contributed by atoms with Gasteiger partial charge in [-0.25, -0.2) is 0 Å². The first-order valence-corrected chi connectivity index (χ1v) is 11.6. The predicted molar refractivity (Wildman–Crippen MR) is 124 cm³/mol. The highest BCUT2D eigenvalue weighted by atomic mass is 79.9. The number of hydrogen-bond acceptors (Lipinski definition) is 3. The van der Waals surface area contributed by atoms with Crippen LogP contribution in [0.15, 0.2) is 58.8 Å². The zero-order valence-electron chi connectivity index (χ0n) is 17.6. The highest BCUT2D eigenvalue weighted by Crippen LogP contribution is 2.33. The van der Waals surface area contributed by atoms with E-state index in [1.165, 1.54) is 5.56 Å². The van der Waals surface area contributed by atoms with Crippen LogP contribution in [-0.4, -0.2) is 35.4 Å². The van der Waals surface area contributed by atoms with Crippen LogP contribution in [0.1, 0.15) is 42.4 Å². The number of carbonyl (C=O) groups excluding carboxylic acids is 2. The average molecular weight is 483 g/mol. The number of fused-ring (bicyclic) bond motifs is 1. The highest BCUT2D eigenvalue weighted by molar-refractivity contribution is 9.10. The molecular weight excluding hydrogens is 456 g/mol. The van der Waals surface area contributed by atoms with Crippen LogP contribution in [0, 0.1) is 6.92 Å². The Labute approximate surface area is 191 Å². The molecule has 2 unspecified atom stereocenters. The van der Waals surface area contributed by atoms with Gasteiger partial charge in [-0.3, -0.25) is 9.59 Å². The van der Waals surface area contributed by atoms with Crippen molar-refractivity contribution in [2.75, 3.05) is 6.54 Å². The third-order valence-electron chi connectivity index (χ3n) is 5.89. The monoisotopic (exact) mass is 482 g/mol. The molecular formula is C25H27BrN2O3. The molecule has 1 aliphatic carbocycles. The summed E-state index contributed by atoms with van der Waals surface area (Å²) in [4.78, 5) is 27.7. The van der Waals surface area contributed by atoms with Crippen molar-refractivity contribution in [3.8, 4) is 0 Å². The van der Waals surface area contributed by atoms with Gasteiger partial charge in [-0.15, -0.1) is 0 Å². The first-order valence-electron chi connectivity index (χ1n) is 10.8. The lowest BCUT2D eigenvalue weighted by Crippen LogP contribution is -2.57. The Hall–Kier alpha value is -2.60. The van der Waals surface area contributed by atoms with Crippen molar-refractivity contribution >= 4 is 33.8 Å². The van der Waals surface area contributed by atoms with Gasteiger partial charge in [0.2, 0.25) is 5.91 Å². The van der Waals surface area contributed by atoms with E-state index in [1.807, 2.05) is 55.5 Å². The van der Waals surface area contributed by atoms with Crippen molar-refractivity contribution in [3.05, 3.63) is 75.5 Å². The van der Waals surface area contributed by atoms with Gasteiger partial charge >= 0.3 is 0 Å². The summed E-state index contributed by atoms with van der Waals surface area (Å²) in [5, 5.41) is 2.95. The summed E-state index contributed by atoms with van der Waals surface area (Å²) in [7, 11) is 0. The fourth-order valence-electron chi connectivity index (χ4n) is 4.23.